The first-order valence-corrected chi connectivity index (χ1v) is 9.59. The van der Waals surface area contributed by atoms with E-state index in [1.807, 2.05) is 78.3 Å². The summed E-state index contributed by atoms with van der Waals surface area (Å²) in [6, 6.07) is 17.3. The zero-order chi connectivity index (χ0) is 20.5. The minimum absolute atomic E-state index is 0.213. The molecule has 1 aliphatic heterocycles. The lowest BCUT2D eigenvalue weighted by atomic mass is 10.1. The Labute approximate surface area is 173 Å². The van der Waals surface area contributed by atoms with Crippen molar-refractivity contribution in [3.63, 3.8) is 0 Å². The van der Waals surface area contributed by atoms with E-state index in [0.29, 0.717) is 11.4 Å². The molecule has 1 N–H and O–H groups in total. The number of fused-ring (bicyclic) bond motifs is 2. The Morgan fingerprint density at radius 2 is 2.00 bits per heavy atom. The van der Waals surface area contributed by atoms with Gasteiger partial charge in [-0.1, -0.05) is 18.2 Å². The summed E-state index contributed by atoms with van der Waals surface area (Å²) in [4.78, 5) is 17.1. The maximum absolute atomic E-state index is 12.4. The van der Waals surface area contributed by atoms with Gasteiger partial charge >= 0.3 is 0 Å². The van der Waals surface area contributed by atoms with Crippen molar-refractivity contribution in [2.75, 3.05) is 12.1 Å². The quantitative estimate of drug-likeness (QED) is 0.508. The number of hydrogen-bond acceptors (Lipinski definition) is 4. The number of aryl methyl sites for hydroxylation is 1. The van der Waals surface area contributed by atoms with Gasteiger partial charge in [0.1, 0.15) is 5.65 Å². The lowest BCUT2D eigenvalue weighted by molar-refractivity contribution is -0.111. The van der Waals surface area contributed by atoms with Crippen molar-refractivity contribution in [2.45, 2.75) is 6.92 Å². The SMILES string of the molecule is Cc1ccn2cc(-c3cccc(NC(=O)/C=C/c4ccc5c(c4)OCO5)c3)nc2c1. The third-order valence-electron chi connectivity index (χ3n) is 4.87. The second-order valence-corrected chi connectivity index (χ2v) is 7.11. The molecular weight excluding hydrogens is 378 g/mol. The Morgan fingerprint density at radius 3 is 2.93 bits per heavy atom. The van der Waals surface area contributed by atoms with Crippen molar-refractivity contribution in [2.24, 2.45) is 0 Å². The number of hydrogen-bond donors (Lipinski definition) is 1. The third-order valence-corrected chi connectivity index (χ3v) is 4.87. The molecule has 6 heteroatoms. The normalized spacial score (nSPS) is 12.6. The molecule has 4 aromatic rings. The molecule has 1 amide bonds. The second kappa shape index (κ2) is 7.40. The number of benzene rings is 2. The molecule has 0 saturated heterocycles. The van der Waals surface area contributed by atoms with Crippen molar-refractivity contribution in [1.29, 1.82) is 0 Å². The first kappa shape index (κ1) is 18.0. The van der Waals surface area contributed by atoms with Crippen LogP contribution in [0.25, 0.3) is 23.0 Å². The Morgan fingerprint density at radius 1 is 1.10 bits per heavy atom. The molecule has 2 aromatic heterocycles. The van der Waals surface area contributed by atoms with Crippen LogP contribution in [0.5, 0.6) is 11.5 Å². The molecule has 0 saturated carbocycles. The number of amides is 1. The third kappa shape index (κ3) is 3.63. The van der Waals surface area contributed by atoms with Crippen LogP contribution in [0.15, 0.2) is 73.1 Å². The van der Waals surface area contributed by atoms with Crippen LogP contribution in [-0.4, -0.2) is 22.1 Å². The summed E-state index contributed by atoms with van der Waals surface area (Å²) < 4.78 is 12.6. The monoisotopic (exact) mass is 397 g/mol. The van der Waals surface area contributed by atoms with Crippen molar-refractivity contribution >= 4 is 23.3 Å². The Bertz CT molecular complexity index is 1290. The fraction of sp³-hybridized carbons (Fsp3) is 0.0833. The number of carbonyl (C=O) groups is 1. The fourth-order valence-electron chi connectivity index (χ4n) is 3.35. The number of nitrogens with one attached hydrogen (secondary N) is 1. The van der Waals surface area contributed by atoms with Crippen molar-refractivity contribution in [3.8, 4) is 22.8 Å². The highest BCUT2D eigenvalue weighted by atomic mass is 16.7. The molecule has 5 rings (SSSR count). The molecule has 2 aromatic carbocycles. The molecule has 0 fully saturated rings. The summed E-state index contributed by atoms with van der Waals surface area (Å²) in [5.74, 6) is 1.19. The van der Waals surface area contributed by atoms with Crippen LogP contribution in [0, 0.1) is 6.92 Å². The molecular formula is C24H19N3O3. The molecule has 148 valence electrons. The maximum Gasteiger partial charge on any atom is 0.248 e. The van der Waals surface area contributed by atoms with Crippen LogP contribution in [0.3, 0.4) is 0 Å². The predicted octanol–water partition coefficient (Wildman–Crippen LogP) is 4.69. The molecule has 0 unspecified atom stereocenters. The van der Waals surface area contributed by atoms with E-state index in [1.54, 1.807) is 6.08 Å². The molecule has 0 bridgehead atoms. The second-order valence-electron chi connectivity index (χ2n) is 7.11. The summed E-state index contributed by atoms with van der Waals surface area (Å²) in [5, 5.41) is 2.90. The first-order chi connectivity index (χ1) is 14.6. The van der Waals surface area contributed by atoms with E-state index in [1.165, 1.54) is 6.08 Å². The molecule has 0 spiro atoms. The number of pyridine rings is 1. The zero-order valence-corrected chi connectivity index (χ0v) is 16.3. The highest BCUT2D eigenvalue weighted by Gasteiger charge is 2.12. The van der Waals surface area contributed by atoms with E-state index in [-0.39, 0.29) is 12.7 Å². The summed E-state index contributed by atoms with van der Waals surface area (Å²) >= 11 is 0. The summed E-state index contributed by atoms with van der Waals surface area (Å²) in [6.45, 7) is 2.27. The minimum atomic E-state index is -0.213. The number of ether oxygens (including phenoxy) is 2. The van der Waals surface area contributed by atoms with Gasteiger partial charge in [0, 0.05) is 29.7 Å². The minimum Gasteiger partial charge on any atom is -0.454 e. The molecule has 0 atom stereocenters. The molecule has 1 aliphatic rings. The average molecular weight is 397 g/mol. The van der Waals surface area contributed by atoms with Gasteiger partial charge in [-0.3, -0.25) is 4.79 Å². The van der Waals surface area contributed by atoms with Gasteiger partial charge in [-0.05, 0) is 60.5 Å². The maximum atomic E-state index is 12.4. The van der Waals surface area contributed by atoms with E-state index in [4.69, 9.17) is 9.47 Å². The first-order valence-electron chi connectivity index (χ1n) is 9.59. The van der Waals surface area contributed by atoms with Crippen LogP contribution >= 0.6 is 0 Å². The van der Waals surface area contributed by atoms with Crippen molar-refractivity contribution < 1.29 is 14.3 Å². The molecule has 0 radical (unpaired) electrons. The molecule has 6 nitrogen and oxygen atoms in total. The number of imidazole rings is 1. The number of nitrogens with zero attached hydrogens (tertiary/aromatic N) is 2. The van der Waals surface area contributed by atoms with E-state index >= 15 is 0 Å². The number of rotatable bonds is 4. The predicted molar refractivity (Wildman–Crippen MR) is 116 cm³/mol. The van der Waals surface area contributed by atoms with Crippen LogP contribution < -0.4 is 14.8 Å². The van der Waals surface area contributed by atoms with Gasteiger partial charge in [0.05, 0.1) is 5.69 Å². The van der Waals surface area contributed by atoms with Crippen LogP contribution in [0.4, 0.5) is 5.69 Å². The van der Waals surface area contributed by atoms with Gasteiger partial charge < -0.3 is 19.2 Å². The standard InChI is InChI=1S/C24H19N3O3/c1-16-9-10-27-14-20(26-23(27)11-16)18-3-2-4-19(13-18)25-24(28)8-6-17-5-7-21-22(12-17)30-15-29-21/h2-14H,15H2,1H3,(H,25,28)/b8-6+. The Balaban J connectivity index is 1.32. The molecule has 3 heterocycles. The highest BCUT2D eigenvalue weighted by Crippen LogP contribution is 2.32. The van der Waals surface area contributed by atoms with Gasteiger partial charge in [-0.25, -0.2) is 4.98 Å². The summed E-state index contributed by atoms with van der Waals surface area (Å²) in [7, 11) is 0. The molecule has 30 heavy (non-hydrogen) atoms. The van der Waals surface area contributed by atoms with E-state index in [0.717, 1.165) is 33.8 Å². The summed E-state index contributed by atoms with van der Waals surface area (Å²) in [6.07, 6.45) is 7.21. The molecule has 0 aliphatic carbocycles. The van der Waals surface area contributed by atoms with Crippen LogP contribution in [0.1, 0.15) is 11.1 Å². The average Bonchev–Trinajstić information content (AvgIpc) is 3.38. The summed E-state index contributed by atoms with van der Waals surface area (Å²) in [5.41, 5.74) is 5.42. The number of carbonyl (C=O) groups excluding carboxylic acids is 1. The highest BCUT2D eigenvalue weighted by molar-refractivity contribution is 6.02. The smallest absolute Gasteiger partial charge is 0.248 e. The van der Waals surface area contributed by atoms with E-state index in [2.05, 4.69) is 10.3 Å². The lowest BCUT2D eigenvalue weighted by Crippen LogP contribution is -2.07. The van der Waals surface area contributed by atoms with Crippen LogP contribution in [0.2, 0.25) is 0 Å². The van der Waals surface area contributed by atoms with Gasteiger partial charge in [0.15, 0.2) is 11.5 Å². The Hall–Kier alpha value is -4.06. The van der Waals surface area contributed by atoms with Gasteiger partial charge in [-0.15, -0.1) is 0 Å². The van der Waals surface area contributed by atoms with Crippen LogP contribution in [-0.2, 0) is 4.79 Å². The zero-order valence-electron chi connectivity index (χ0n) is 16.3. The largest absolute Gasteiger partial charge is 0.454 e. The van der Waals surface area contributed by atoms with Crippen molar-refractivity contribution in [1.82, 2.24) is 9.38 Å². The lowest BCUT2D eigenvalue weighted by Gasteiger charge is -2.04. The van der Waals surface area contributed by atoms with Crippen molar-refractivity contribution in [3.05, 3.63) is 84.2 Å². The van der Waals surface area contributed by atoms with Gasteiger partial charge in [0.2, 0.25) is 12.7 Å². The number of anilines is 1. The topological polar surface area (TPSA) is 64.9 Å². The fourth-order valence-corrected chi connectivity index (χ4v) is 3.35. The Kier molecular flexibility index (Phi) is 4.44. The van der Waals surface area contributed by atoms with Gasteiger partial charge in [0.25, 0.3) is 0 Å². The van der Waals surface area contributed by atoms with Gasteiger partial charge in [-0.2, -0.15) is 0 Å². The van der Waals surface area contributed by atoms with E-state index < -0.39 is 0 Å². The number of aromatic nitrogens is 2. The van der Waals surface area contributed by atoms with E-state index in [9.17, 15) is 4.79 Å².